The van der Waals surface area contributed by atoms with Crippen molar-refractivity contribution in [3.05, 3.63) is 21.9 Å². The van der Waals surface area contributed by atoms with E-state index >= 15 is 0 Å². The van der Waals surface area contributed by atoms with E-state index in [4.69, 9.17) is 0 Å². The van der Waals surface area contributed by atoms with Crippen LogP contribution in [0.5, 0.6) is 0 Å². The first-order valence-corrected chi connectivity index (χ1v) is 9.37. The fraction of sp³-hybridized carbons (Fsp3) is 0.615. The molecule has 1 aromatic rings. The molecular formula is C13H22N2O3S2. The van der Waals surface area contributed by atoms with Gasteiger partial charge in [0, 0.05) is 24.5 Å². The molecule has 20 heavy (non-hydrogen) atoms. The van der Waals surface area contributed by atoms with Crippen LogP contribution in [0.25, 0.3) is 0 Å². The molecule has 0 saturated heterocycles. The van der Waals surface area contributed by atoms with Gasteiger partial charge in [-0.2, -0.15) is 0 Å². The van der Waals surface area contributed by atoms with Crippen LogP contribution in [0.3, 0.4) is 0 Å². The zero-order valence-corrected chi connectivity index (χ0v) is 13.8. The molecule has 0 aliphatic carbocycles. The zero-order valence-electron chi connectivity index (χ0n) is 12.2. The topological polar surface area (TPSA) is 66.5 Å². The van der Waals surface area contributed by atoms with E-state index in [2.05, 4.69) is 12.2 Å². The van der Waals surface area contributed by atoms with Crippen LogP contribution >= 0.6 is 11.3 Å². The molecule has 0 aliphatic heterocycles. The van der Waals surface area contributed by atoms with Crippen LogP contribution in [0.4, 0.5) is 0 Å². The van der Waals surface area contributed by atoms with E-state index in [-0.39, 0.29) is 5.91 Å². The van der Waals surface area contributed by atoms with Crippen molar-refractivity contribution >= 4 is 27.3 Å². The first-order chi connectivity index (χ1) is 9.38. The number of aryl methyl sites for hydroxylation is 1. The van der Waals surface area contributed by atoms with Gasteiger partial charge < -0.3 is 5.32 Å². The van der Waals surface area contributed by atoms with Crippen LogP contribution in [0.15, 0.2) is 12.1 Å². The first-order valence-electron chi connectivity index (χ1n) is 6.70. The number of thiophene rings is 1. The average molecular weight is 318 g/mol. The second kappa shape index (κ2) is 7.75. The van der Waals surface area contributed by atoms with Gasteiger partial charge in [0.15, 0.2) is 0 Å². The lowest BCUT2D eigenvalue weighted by molar-refractivity contribution is 0.0957. The summed E-state index contributed by atoms with van der Waals surface area (Å²) in [5, 5.41) is 2.82. The summed E-state index contributed by atoms with van der Waals surface area (Å²) >= 11 is 1.50. The minimum Gasteiger partial charge on any atom is -0.351 e. The van der Waals surface area contributed by atoms with Crippen molar-refractivity contribution < 1.29 is 13.2 Å². The summed E-state index contributed by atoms with van der Waals surface area (Å²) in [5.74, 6) is -0.0860. The molecule has 0 aromatic carbocycles. The third kappa shape index (κ3) is 5.22. The van der Waals surface area contributed by atoms with Crippen LogP contribution in [-0.4, -0.2) is 44.5 Å². The molecule has 7 heteroatoms. The Kier molecular flexibility index (Phi) is 6.64. The largest absolute Gasteiger partial charge is 0.351 e. The summed E-state index contributed by atoms with van der Waals surface area (Å²) in [4.78, 5) is 13.7. The number of nitrogens with zero attached hydrogens (tertiary/aromatic N) is 1. The first kappa shape index (κ1) is 17.1. The van der Waals surface area contributed by atoms with Gasteiger partial charge in [-0.05, 0) is 25.0 Å². The molecule has 0 bridgehead atoms. The second-order valence-electron chi connectivity index (χ2n) is 4.48. The minimum absolute atomic E-state index is 0.0860. The summed E-state index contributed by atoms with van der Waals surface area (Å²) in [6.45, 7) is 5.22. The van der Waals surface area contributed by atoms with Gasteiger partial charge in [0.2, 0.25) is 10.0 Å². The molecule has 114 valence electrons. The van der Waals surface area contributed by atoms with E-state index in [9.17, 15) is 13.2 Å². The van der Waals surface area contributed by atoms with Gasteiger partial charge in [0.25, 0.3) is 5.91 Å². The lowest BCUT2D eigenvalue weighted by atomic mass is 10.3. The number of carbonyl (C=O) groups is 1. The molecular weight excluding hydrogens is 296 g/mol. The highest BCUT2D eigenvalue weighted by Gasteiger charge is 2.14. The number of amides is 1. The van der Waals surface area contributed by atoms with Crippen LogP contribution in [0.1, 0.15) is 34.8 Å². The predicted octanol–water partition coefficient (Wildman–Crippen LogP) is 1.71. The van der Waals surface area contributed by atoms with Crippen molar-refractivity contribution in [3.8, 4) is 0 Å². The average Bonchev–Trinajstić information content (AvgIpc) is 2.85. The smallest absolute Gasteiger partial charge is 0.261 e. The Morgan fingerprint density at radius 2 is 2.05 bits per heavy atom. The SMILES string of the molecule is CCc1ccc(C(=O)NCCCN(CC)S(C)(=O)=O)s1. The summed E-state index contributed by atoms with van der Waals surface area (Å²) in [6.07, 6.45) is 2.74. The molecule has 0 atom stereocenters. The van der Waals surface area contributed by atoms with Gasteiger partial charge in [0.05, 0.1) is 11.1 Å². The fourth-order valence-electron chi connectivity index (χ4n) is 1.79. The molecule has 1 N–H and O–H groups in total. The highest BCUT2D eigenvalue weighted by molar-refractivity contribution is 7.88. The zero-order chi connectivity index (χ0) is 15.2. The fourth-order valence-corrected chi connectivity index (χ4v) is 3.59. The van der Waals surface area contributed by atoms with Crippen molar-refractivity contribution in [2.24, 2.45) is 0 Å². The Bertz CT molecular complexity index is 538. The summed E-state index contributed by atoms with van der Waals surface area (Å²) in [7, 11) is -3.15. The molecule has 0 fully saturated rings. The van der Waals surface area contributed by atoms with Crippen LogP contribution in [0.2, 0.25) is 0 Å². The number of hydrogen-bond donors (Lipinski definition) is 1. The molecule has 0 unspecified atom stereocenters. The Morgan fingerprint density at radius 3 is 2.55 bits per heavy atom. The molecule has 1 amide bonds. The van der Waals surface area contributed by atoms with Gasteiger partial charge in [-0.25, -0.2) is 12.7 Å². The third-order valence-electron chi connectivity index (χ3n) is 2.93. The standard InChI is InChI=1S/C13H22N2O3S2/c1-4-11-7-8-12(19-11)13(16)14-9-6-10-15(5-2)20(3,17)18/h7-8H,4-6,9-10H2,1-3H3,(H,14,16). The maximum atomic E-state index is 11.9. The Hall–Kier alpha value is -0.920. The maximum Gasteiger partial charge on any atom is 0.261 e. The Labute approximate surface area is 125 Å². The number of sulfonamides is 1. The molecule has 0 spiro atoms. The highest BCUT2D eigenvalue weighted by atomic mass is 32.2. The van der Waals surface area contributed by atoms with E-state index in [1.807, 2.05) is 12.1 Å². The van der Waals surface area contributed by atoms with Gasteiger partial charge in [-0.3, -0.25) is 4.79 Å². The van der Waals surface area contributed by atoms with Gasteiger partial charge in [0.1, 0.15) is 0 Å². The molecule has 1 heterocycles. The molecule has 1 aromatic heterocycles. The quantitative estimate of drug-likeness (QED) is 0.742. The van der Waals surface area contributed by atoms with Gasteiger partial charge >= 0.3 is 0 Å². The molecule has 5 nitrogen and oxygen atoms in total. The van der Waals surface area contributed by atoms with Crippen LogP contribution in [0, 0.1) is 0 Å². The van der Waals surface area contributed by atoms with E-state index in [1.165, 1.54) is 26.8 Å². The highest BCUT2D eigenvalue weighted by Crippen LogP contribution is 2.16. The van der Waals surface area contributed by atoms with E-state index < -0.39 is 10.0 Å². The molecule has 0 aliphatic rings. The molecule has 1 rings (SSSR count). The number of nitrogens with one attached hydrogen (secondary N) is 1. The van der Waals surface area contributed by atoms with Crippen LogP contribution < -0.4 is 5.32 Å². The summed E-state index contributed by atoms with van der Waals surface area (Å²) in [6, 6.07) is 3.79. The minimum atomic E-state index is -3.15. The summed E-state index contributed by atoms with van der Waals surface area (Å²) in [5.41, 5.74) is 0. The second-order valence-corrected chi connectivity index (χ2v) is 7.63. The number of rotatable bonds is 8. The van der Waals surface area contributed by atoms with E-state index in [0.717, 1.165) is 6.42 Å². The number of hydrogen-bond acceptors (Lipinski definition) is 4. The summed E-state index contributed by atoms with van der Waals surface area (Å²) < 4.78 is 24.2. The van der Waals surface area contributed by atoms with Crippen molar-refractivity contribution in [2.45, 2.75) is 26.7 Å². The number of carbonyl (C=O) groups excluding carboxylic acids is 1. The van der Waals surface area contributed by atoms with Crippen molar-refractivity contribution in [1.82, 2.24) is 9.62 Å². The normalized spacial score (nSPS) is 11.8. The van der Waals surface area contributed by atoms with Gasteiger partial charge in [-0.1, -0.05) is 13.8 Å². The lowest BCUT2D eigenvalue weighted by Crippen LogP contribution is -2.33. The van der Waals surface area contributed by atoms with E-state index in [1.54, 1.807) is 6.92 Å². The third-order valence-corrected chi connectivity index (χ3v) is 5.53. The van der Waals surface area contributed by atoms with Crippen molar-refractivity contribution in [1.29, 1.82) is 0 Å². The molecule has 0 saturated carbocycles. The van der Waals surface area contributed by atoms with Crippen molar-refractivity contribution in [2.75, 3.05) is 25.9 Å². The van der Waals surface area contributed by atoms with E-state index in [0.29, 0.717) is 30.9 Å². The Morgan fingerprint density at radius 1 is 1.35 bits per heavy atom. The van der Waals surface area contributed by atoms with Crippen molar-refractivity contribution in [3.63, 3.8) is 0 Å². The van der Waals surface area contributed by atoms with Crippen LogP contribution in [-0.2, 0) is 16.4 Å². The van der Waals surface area contributed by atoms with Gasteiger partial charge in [-0.15, -0.1) is 11.3 Å². The Balaban J connectivity index is 2.35. The lowest BCUT2D eigenvalue weighted by Gasteiger charge is -2.17. The predicted molar refractivity (Wildman–Crippen MR) is 82.7 cm³/mol. The monoisotopic (exact) mass is 318 g/mol. The molecule has 0 radical (unpaired) electrons. The maximum absolute atomic E-state index is 11.9.